The Morgan fingerprint density at radius 1 is 1.19 bits per heavy atom. The van der Waals surface area contributed by atoms with Crippen LogP contribution in [-0.4, -0.2) is 38.8 Å². The standard InChI is InChI=1S/C30H42O6/c1-27(2,3)23-7-6-22(36-23)19-15-17-14-18(31)8-11-28(17,4)26-21(32)16-29(5)20(25(19)26)9-12-30(29,35)13-10-24(33)34/h6-7,14,19-21,25-26,32,35H,8-13,15-16H2,1-5H3,(H,33,34)/t19-,20-,21+,25-,26-,28-,29-,30+/m0/s1. The number of carboxylic acid groups (broad SMARTS) is 1. The highest BCUT2D eigenvalue weighted by molar-refractivity contribution is 5.91. The molecule has 4 aliphatic carbocycles. The summed E-state index contributed by atoms with van der Waals surface area (Å²) < 4.78 is 6.49. The molecule has 1 heterocycles. The van der Waals surface area contributed by atoms with Crippen molar-refractivity contribution in [2.45, 2.75) is 109 Å². The number of ketones is 1. The van der Waals surface area contributed by atoms with Gasteiger partial charge in [0.1, 0.15) is 11.5 Å². The zero-order valence-corrected chi connectivity index (χ0v) is 22.3. The summed E-state index contributed by atoms with van der Waals surface area (Å²) in [5.74, 6) is 1.23. The van der Waals surface area contributed by atoms with E-state index < -0.39 is 23.1 Å². The van der Waals surface area contributed by atoms with E-state index >= 15 is 0 Å². The van der Waals surface area contributed by atoms with E-state index in [1.54, 1.807) is 0 Å². The van der Waals surface area contributed by atoms with Crippen LogP contribution in [0.15, 0.2) is 28.2 Å². The number of fused-ring (bicyclic) bond motifs is 5. The summed E-state index contributed by atoms with van der Waals surface area (Å²) in [6.45, 7) is 10.7. The van der Waals surface area contributed by atoms with E-state index in [4.69, 9.17) is 4.42 Å². The van der Waals surface area contributed by atoms with Gasteiger partial charge in [0.2, 0.25) is 0 Å². The second-order valence-corrected chi connectivity index (χ2v) is 13.7. The summed E-state index contributed by atoms with van der Waals surface area (Å²) in [7, 11) is 0. The van der Waals surface area contributed by atoms with Gasteiger partial charge in [0.25, 0.3) is 0 Å². The minimum Gasteiger partial charge on any atom is -0.481 e. The number of aliphatic hydroxyl groups is 2. The lowest BCUT2D eigenvalue weighted by atomic mass is 9.43. The van der Waals surface area contributed by atoms with Gasteiger partial charge in [-0.15, -0.1) is 0 Å². The Morgan fingerprint density at radius 2 is 1.92 bits per heavy atom. The normalized spacial score (nSPS) is 42.4. The maximum atomic E-state index is 12.5. The van der Waals surface area contributed by atoms with Crippen LogP contribution in [0.25, 0.3) is 0 Å². The smallest absolute Gasteiger partial charge is 0.303 e. The van der Waals surface area contributed by atoms with Crippen LogP contribution in [0, 0.1) is 28.6 Å². The predicted molar refractivity (Wildman–Crippen MR) is 135 cm³/mol. The van der Waals surface area contributed by atoms with Crippen molar-refractivity contribution in [3.63, 3.8) is 0 Å². The average Bonchev–Trinajstić information content (AvgIpc) is 3.36. The Bertz CT molecular complexity index is 1090. The highest BCUT2D eigenvalue weighted by atomic mass is 16.4. The van der Waals surface area contributed by atoms with Gasteiger partial charge in [0.15, 0.2) is 5.78 Å². The molecule has 8 atom stereocenters. The van der Waals surface area contributed by atoms with Gasteiger partial charge in [0.05, 0.1) is 11.7 Å². The number of carboxylic acids is 1. The molecule has 6 heteroatoms. The summed E-state index contributed by atoms with van der Waals surface area (Å²) in [6, 6.07) is 4.12. The monoisotopic (exact) mass is 498 g/mol. The van der Waals surface area contributed by atoms with Crippen molar-refractivity contribution in [1.82, 2.24) is 0 Å². The first-order chi connectivity index (χ1) is 16.7. The molecule has 0 spiro atoms. The topological polar surface area (TPSA) is 108 Å². The van der Waals surface area contributed by atoms with Gasteiger partial charge in [-0.3, -0.25) is 9.59 Å². The first kappa shape index (κ1) is 25.7. The summed E-state index contributed by atoms with van der Waals surface area (Å²) in [4.78, 5) is 23.9. The van der Waals surface area contributed by atoms with Crippen molar-refractivity contribution in [3.05, 3.63) is 35.3 Å². The fourth-order valence-electron chi connectivity index (χ4n) is 8.74. The van der Waals surface area contributed by atoms with Crippen LogP contribution < -0.4 is 0 Å². The van der Waals surface area contributed by atoms with E-state index in [1.165, 1.54) is 0 Å². The first-order valence-electron chi connectivity index (χ1n) is 13.7. The maximum Gasteiger partial charge on any atom is 0.303 e. The lowest BCUT2D eigenvalue weighted by Gasteiger charge is -2.62. The van der Waals surface area contributed by atoms with E-state index in [0.717, 1.165) is 29.9 Å². The van der Waals surface area contributed by atoms with Crippen LogP contribution >= 0.6 is 0 Å². The minimum absolute atomic E-state index is 0.00239. The summed E-state index contributed by atoms with van der Waals surface area (Å²) >= 11 is 0. The average molecular weight is 499 g/mol. The molecule has 1 aromatic rings. The third-order valence-corrected chi connectivity index (χ3v) is 10.8. The molecule has 0 amide bonds. The van der Waals surface area contributed by atoms with Crippen LogP contribution in [-0.2, 0) is 15.0 Å². The number of hydrogen-bond acceptors (Lipinski definition) is 5. The van der Waals surface area contributed by atoms with E-state index in [2.05, 4.69) is 46.8 Å². The van der Waals surface area contributed by atoms with Crippen molar-refractivity contribution in [2.24, 2.45) is 28.6 Å². The largest absolute Gasteiger partial charge is 0.481 e. The first-order valence-corrected chi connectivity index (χ1v) is 13.7. The Morgan fingerprint density at radius 3 is 2.56 bits per heavy atom. The molecular weight excluding hydrogens is 456 g/mol. The molecule has 0 saturated heterocycles. The van der Waals surface area contributed by atoms with Gasteiger partial charge in [0, 0.05) is 29.6 Å². The molecule has 0 aromatic carbocycles. The molecule has 5 rings (SSSR count). The number of carbonyl (C=O) groups is 2. The summed E-state index contributed by atoms with van der Waals surface area (Å²) in [5.41, 5.74) is -0.974. The Kier molecular flexibility index (Phi) is 5.92. The number of aliphatic hydroxyl groups excluding tert-OH is 1. The van der Waals surface area contributed by atoms with Gasteiger partial charge in [-0.05, 0) is 79.9 Å². The molecule has 1 aromatic heterocycles. The molecule has 3 fully saturated rings. The SMILES string of the molecule is CC(C)(C)c1ccc([C@@H]2CC3=CC(=O)CC[C@]3(C)[C@@H]3[C@@H]2[C@@H]2CC[C@@](O)(CCC(=O)O)[C@@]2(C)C[C@H]3O)o1. The number of carbonyl (C=O) groups excluding carboxylic acids is 1. The zero-order valence-electron chi connectivity index (χ0n) is 22.3. The summed E-state index contributed by atoms with van der Waals surface area (Å²) in [5, 5.41) is 33.0. The third-order valence-electron chi connectivity index (χ3n) is 10.8. The number of aliphatic carboxylic acids is 1. The molecule has 3 N–H and O–H groups in total. The van der Waals surface area contributed by atoms with Gasteiger partial charge in [-0.2, -0.15) is 0 Å². The Balaban J connectivity index is 1.62. The molecule has 0 aliphatic heterocycles. The lowest BCUT2D eigenvalue weighted by Crippen LogP contribution is -2.61. The van der Waals surface area contributed by atoms with Crippen molar-refractivity contribution in [1.29, 1.82) is 0 Å². The van der Waals surface area contributed by atoms with Crippen LogP contribution in [0.5, 0.6) is 0 Å². The molecule has 0 unspecified atom stereocenters. The van der Waals surface area contributed by atoms with E-state index in [1.807, 2.05) is 6.08 Å². The quantitative estimate of drug-likeness (QED) is 0.515. The number of furan rings is 1. The molecule has 3 saturated carbocycles. The molecular formula is C30H42O6. The second kappa shape index (κ2) is 8.29. The summed E-state index contributed by atoms with van der Waals surface area (Å²) in [6.07, 6.45) is 5.07. The predicted octanol–water partition coefficient (Wildman–Crippen LogP) is 5.37. The number of hydrogen-bond donors (Lipinski definition) is 3. The fourth-order valence-corrected chi connectivity index (χ4v) is 8.74. The molecule has 0 bridgehead atoms. The zero-order chi connectivity index (χ0) is 26.3. The second-order valence-electron chi connectivity index (χ2n) is 13.7. The Labute approximate surface area is 214 Å². The highest BCUT2D eigenvalue weighted by Gasteiger charge is 2.68. The molecule has 6 nitrogen and oxygen atoms in total. The maximum absolute atomic E-state index is 12.5. The number of rotatable bonds is 4. The van der Waals surface area contributed by atoms with E-state index in [-0.39, 0.29) is 53.1 Å². The van der Waals surface area contributed by atoms with Crippen LogP contribution in [0.4, 0.5) is 0 Å². The van der Waals surface area contributed by atoms with Crippen LogP contribution in [0.1, 0.15) is 103 Å². The highest BCUT2D eigenvalue weighted by Crippen LogP contribution is 2.70. The Hall–Kier alpha value is -1.92. The minimum atomic E-state index is -1.12. The van der Waals surface area contributed by atoms with Gasteiger partial charge < -0.3 is 19.7 Å². The lowest BCUT2D eigenvalue weighted by molar-refractivity contribution is -0.180. The van der Waals surface area contributed by atoms with Crippen molar-refractivity contribution in [2.75, 3.05) is 0 Å². The van der Waals surface area contributed by atoms with Gasteiger partial charge in [-0.1, -0.05) is 40.2 Å². The molecule has 198 valence electrons. The molecule has 4 aliphatic rings. The van der Waals surface area contributed by atoms with Crippen molar-refractivity contribution in [3.8, 4) is 0 Å². The van der Waals surface area contributed by atoms with Gasteiger partial charge >= 0.3 is 5.97 Å². The van der Waals surface area contributed by atoms with E-state index in [0.29, 0.717) is 25.7 Å². The van der Waals surface area contributed by atoms with Crippen molar-refractivity contribution < 1.29 is 29.3 Å². The van der Waals surface area contributed by atoms with Crippen LogP contribution in [0.3, 0.4) is 0 Å². The van der Waals surface area contributed by atoms with Gasteiger partial charge in [-0.25, -0.2) is 0 Å². The van der Waals surface area contributed by atoms with E-state index in [9.17, 15) is 24.9 Å². The molecule has 36 heavy (non-hydrogen) atoms. The third kappa shape index (κ3) is 3.74. The van der Waals surface area contributed by atoms with Crippen LogP contribution in [0.2, 0.25) is 0 Å². The molecule has 0 radical (unpaired) electrons. The fraction of sp³-hybridized carbons (Fsp3) is 0.733. The van der Waals surface area contributed by atoms with Crippen molar-refractivity contribution >= 4 is 11.8 Å². The number of allylic oxidation sites excluding steroid dienone is 1.